The molecule has 1 aliphatic heterocycles. The van der Waals surface area contributed by atoms with Crippen LogP contribution in [0.3, 0.4) is 0 Å². The summed E-state index contributed by atoms with van der Waals surface area (Å²) in [6.45, 7) is 1.40. The van der Waals surface area contributed by atoms with E-state index in [1.807, 2.05) is 104 Å². The molecule has 4 rings (SSSR count). The summed E-state index contributed by atoms with van der Waals surface area (Å²) in [5.74, 6) is -0.706. The Hall–Kier alpha value is -4.13. The summed E-state index contributed by atoms with van der Waals surface area (Å²) >= 11 is 0. The summed E-state index contributed by atoms with van der Waals surface area (Å²) in [7, 11) is 3.92. The van der Waals surface area contributed by atoms with Crippen LogP contribution < -0.4 is 20.5 Å². The predicted octanol–water partition coefficient (Wildman–Crippen LogP) is 3.64. The number of carbonyl (C=O) groups is 2. The maximum atomic E-state index is 13.9. The third-order valence-electron chi connectivity index (χ3n) is 5.46. The Morgan fingerprint density at radius 2 is 1.55 bits per heavy atom. The van der Waals surface area contributed by atoms with Gasteiger partial charge in [-0.3, -0.25) is 9.59 Å². The SMILES string of the molecule is CC(=O)NC1(Nc2ccc(N(C)C)cc2)C(=O)N(c2ccccc2)N=C1Cc1ccccc1. The maximum absolute atomic E-state index is 13.9. The standard InChI is InChI=1S/C26H27N5O2/c1-19(32)27-26(28-21-14-16-22(17-15-21)30(2)3)24(18-20-10-6-4-7-11-20)29-31(25(26)33)23-12-8-5-9-13-23/h4-17,28H,18H2,1-3H3,(H,27,32). The Morgan fingerprint density at radius 1 is 0.939 bits per heavy atom. The number of anilines is 3. The number of nitrogens with one attached hydrogen (secondary N) is 2. The molecule has 0 bridgehead atoms. The second-order valence-electron chi connectivity index (χ2n) is 8.16. The van der Waals surface area contributed by atoms with E-state index >= 15 is 0 Å². The van der Waals surface area contributed by atoms with Crippen molar-refractivity contribution in [3.05, 3.63) is 90.5 Å². The van der Waals surface area contributed by atoms with Gasteiger partial charge in [0.25, 0.3) is 5.91 Å². The number of hydrogen-bond donors (Lipinski definition) is 2. The van der Waals surface area contributed by atoms with Crippen LogP contribution in [0.1, 0.15) is 12.5 Å². The number of rotatable bonds is 7. The fraction of sp³-hybridized carbons (Fsp3) is 0.192. The fourth-order valence-electron chi connectivity index (χ4n) is 3.83. The zero-order valence-corrected chi connectivity index (χ0v) is 18.9. The lowest BCUT2D eigenvalue weighted by molar-refractivity contribution is -0.127. The summed E-state index contributed by atoms with van der Waals surface area (Å²) < 4.78 is 0. The Balaban J connectivity index is 1.79. The van der Waals surface area contributed by atoms with Gasteiger partial charge in [0, 0.05) is 38.8 Å². The van der Waals surface area contributed by atoms with E-state index in [1.165, 1.54) is 11.9 Å². The minimum absolute atomic E-state index is 0.337. The molecule has 3 aromatic rings. The average molecular weight is 442 g/mol. The molecule has 7 heteroatoms. The lowest BCUT2D eigenvalue weighted by atomic mass is 9.96. The highest BCUT2D eigenvalue weighted by Gasteiger charge is 2.52. The highest BCUT2D eigenvalue weighted by Crippen LogP contribution is 2.30. The number of para-hydroxylation sites is 1. The first-order chi connectivity index (χ1) is 15.9. The molecule has 3 aromatic carbocycles. The summed E-state index contributed by atoms with van der Waals surface area (Å²) in [4.78, 5) is 28.2. The molecule has 7 nitrogen and oxygen atoms in total. The molecule has 0 aromatic heterocycles. The van der Waals surface area contributed by atoms with Crippen molar-refractivity contribution in [3.8, 4) is 0 Å². The zero-order chi connectivity index (χ0) is 23.4. The second kappa shape index (κ2) is 9.16. The second-order valence-corrected chi connectivity index (χ2v) is 8.16. The molecule has 168 valence electrons. The lowest BCUT2D eigenvalue weighted by Crippen LogP contribution is -2.65. The summed E-state index contributed by atoms with van der Waals surface area (Å²) in [6.07, 6.45) is 0.388. The van der Waals surface area contributed by atoms with Crippen LogP contribution in [-0.2, 0) is 16.0 Å². The van der Waals surface area contributed by atoms with Gasteiger partial charge in [-0.25, -0.2) is 0 Å². The molecule has 33 heavy (non-hydrogen) atoms. The molecule has 1 aliphatic rings. The van der Waals surface area contributed by atoms with Gasteiger partial charge in [0.1, 0.15) is 0 Å². The van der Waals surface area contributed by atoms with Crippen LogP contribution in [0.25, 0.3) is 0 Å². The number of nitrogens with zero attached hydrogens (tertiary/aromatic N) is 3. The van der Waals surface area contributed by atoms with Crippen LogP contribution >= 0.6 is 0 Å². The Kier molecular flexibility index (Phi) is 6.13. The lowest BCUT2D eigenvalue weighted by Gasteiger charge is -2.32. The Morgan fingerprint density at radius 3 is 2.12 bits per heavy atom. The van der Waals surface area contributed by atoms with Crippen molar-refractivity contribution in [1.82, 2.24) is 5.32 Å². The molecule has 1 heterocycles. The quantitative estimate of drug-likeness (QED) is 0.549. The minimum Gasteiger partial charge on any atom is -0.378 e. The first-order valence-corrected chi connectivity index (χ1v) is 10.7. The predicted molar refractivity (Wildman–Crippen MR) is 132 cm³/mol. The molecule has 1 unspecified atom stereocenters. The van der Waals surface area contributed by atoms with E-state index in [1.54, 1.807) is 0 Å². The number of hydrogen-bond acceptors (Lipinski definition) is 5. The number of hydrazone groups is 1. The average Bonchev–Trinajstić information content (AvgIpc) is 3.06. The van der Waals surface area contributed by atoms with Crippen LogP contribution in [0.2, 0.25) is 0 Å². The number of benzene rings is 3. The summed E-state index contributed by atoms with van der Waals surface area (Å²) in [6, 6.07) is 26.6. The molecule has 0 saturated carbocycles. The van der Waals surface area contributed by atoms with E-state index in [0.29, 0.717) is 23.5 Å². The highest BCUT2D eigenvalue weighted by atomic mass is 16.2. The van der Waals surface area contributed by atoms with Crippen molar-refractivity contribution in [2.24, 2.45) is 5.10 Å². The molecule has 0 radical (unpaired) electrons. The van der Waals surface area contributed by atoms with Gasteiger partial charge in [-0.15, -0.1) is 0 Å². The van der Waals surface area contributed by atoms with E-state index in [-0.39, 0.29) is 11.8 Å². The molecule has 1 atom stereocenters. The minimum atomic E-state index is -1.52. The summed E-state index contributed by atoms with van der Waals surface area (Å²) in [5.41, 5.74) is 2.32. The van der Waals surface area contributed by atoms with Gasteiger partial charge in [-0.05, 0) is 42.0 Å². The van der Waals surface area contributed by atoms with Gasteiger partial charge in [-0.1, -0.05) is 48.5 Å². The molecule has 2 N–H and O–H groups in total. The number of carbonyl (C=O) groups excluding carboxylic acids is 2. The van der Waals surface area contributed by atoms with Gasteiger partial charge < -0.3 is 15.5 Å². The monoisotopic (exact) mass is 441 g/mol. The zero-order valence-electron chi connectivity index (χ0n) is 18.9. The van der Waals surface area contributed by atoms with E-state index < -0.39 is 5.66 Å². The van der Waals surface area contributed by atoms with Crippen LogP contribution in [0.4, 0.5) is 17.1 Å². The van der Waals surface area contributed by atoms with Crippen molar-refractivity contribution < 1.29 is 9.59 Å². The molecule has 0 aliphatic carbocycles. The maximum Gasteiger partial charge on any atom is 0.300 e. The van der Waals surface area contributed by atoms with Crippen molar-refractivity contribution in [2.75, 3.05) is 29.3 Å². The van der Waals surface area contributed by atoms with Gasteiger partial charge in [0.15, 0.2) is 0 Å². The molecular weight excluding hydrogens is 414 g/mol. The smallest absolute Gasteiger partial charge is 0.300 e. The Bertz CT molecular complexity index is 1160. The Labute approximate surface area is 193 Å². The van der Waals surface area contributed by atoms with Crippen LogP contribution in [-0.4, -0.2) is 37.3 Å². The van der Waals surface area contributed by atoms with Crippen LogP contribution in [0, 0.1) is 0 Å². The molecule has 0 saturated heterocycles. The molecular formula is C26H27N5O2. The topological polar surface area (TPSA) is 77.0 Å². The molecule has 0 spiro atoms. The largest absolute Gasteiger partial charge is 0.378 e. The van der Waals surface area contributed by atoms with E-state index in [2.05, 4.69) is 10.6 Å². The van der Waals surface area contributed by atoms with E-state index in [0.717, 1.165) is 11.3 Å². The van der Waals surface area contributed by atoms with Crippen molar-refractivity contribution >= 4 is 34.6 Å². The molecule has 0 fully saturated rings. The van der Waals surface area contributed by atoms with Crippen LogP contribution in [0.5, 0.6) is 0 Å². The van der Waals surface area contributed by atoms with E-state index in [4.69, 9.17) is 5.10 Å². The third-order valence-corrected chi connectivity index (χ3v) is 5.46. The molecule has 2 amide bonds. The first-order valence-electron chi connectivity index (χ1n) is 10.7. The van der Waals surface area contributed by atoms with Crippen molar-refractivity contribution in [1.29, 1.82) is 0 Å². The van der Waals surface area contributed by atoms with Crippen LogP contribution in [0.15, 0.2) is 90.0 Å². The first kappa shape index (κ1) is 22.1. The summed E-state index contributed by atoms with van der Waals surface area (Å²) in [5, 5.41) is 12.2. The van der Waals surface area contributed by atoms with Gasteiger partial charge in [0.2, 0.25) is 11.6 Å². The van der Waals surface area contributed by atoms with E-state index in [9.17, 15) is 9.59 Å². The van der Waals surface area contributed by atoms with Gasteiger partial charge in [-0.2, -0.15) is 10.1 Å². The number of amides is 2. The van der Waals surface area contributed by atoms with Gasteiger partial charge >= 0.3 is 0 Å². The van der Waals surface area contributed by atoms with Crippen molar-refractivity contribution in [3.63, 3.8) is 0 Å². The van der Waals surface area contributed by atoms with Crippen molar-refractivity contribution in [2.45, 2.75) is 19.0 Å². The third kappa shape index (κ3) is 4.57. The normalized spacial score (nSPS) is 17.5. The van der Waals surface area contributed by atoms with Gasteiger partial charge in [0.05, 0.1) is 11.4 Å². The highest BCUT2D eigenvalue weighted by molar-refractivity contribution is 6.26. The fourth-order valence-corrected chi connectivity index (χ4v) is 3.83.